The molecule has 0 saturated heterocycles. The van der Waals surface area contributed by atoms with E-state index in [4.69, 9.17) is 0 Å². The second kappa shape index (κ2) is 4.76. The molecule has 1 heterocycles. The molecule has 3 rings (SSSR count). The normalized spacial score (nSPS) is 17.8. The first-order chi connectivity index (χ1) is 9.25. The minimum Gasteiger partial charge on any atom is -0.508 e. The number of H-pyrrole nitrogens is 1. The molecule has 0 spiro atoms. The third kappa shape index (κ3) is 2.19. The second-order valence-electron chi connectivity index (χ2n) is 4.73. The molecule has 1 aromatic heterocycles. The van der Waals surface area contributed by atoms with Gasteiger partial charge in [-0.1, -0.05) is 12.1 Å². The van der Waals surface area contributed by atoms with E-state index in [0.717, 1.165) is 30.4 Å². The Morgan fingerprint density at radius 2 is 2.32 bits per heavy atom. The molecule has 98 valence electrons. The number of carbonyl (C=O) groups excluding carboxylic acids is 1. The molecule has 5 heteroatoms. The number of fused-ring (bicyclic) bond motifs is 1. The van der Waals surface area contributed by atoms with Gasteiger partial charge in [0.1, 0.15) is 11.4 Å². The molecule has 2 aromatic rings. The first kappa shape index (κ1) is 11.8. The number of rotatable bonds is 2. The van der Waals surface area contributed by atoms with Crippen LogP contribution in [0.25, 0.3) is 0 Å². The Labute approximate surface area is 110 Å². The van der Waals surface area contributed by atoms with Crippen molar-refractivity contribution in [3.63, 3.8) is 0 Å². The summed E-state index contributed by atoms with van der Waals surface area (Å²) < 4.78 is 0. The van der Waals surface area contributed by atoms with Crippen LogP contribution in [-0.4, -0.2) is 21.2 Å². The van der Waals surface area contributed by atoms with Crippen LogP contribution in [0, 0.1) is 0 Å². The van der Waals surface area contributed by atoms with Crippen LogP contribution in [-0.2, 0) is 6.42 Å². The SMILES string of the molecule is O=C(N[C@H]1CCCc2c(O)cccc21)c1ccn[nH]1. The molecule has 1 aliphatic carbocycles. The third-order valence-electron chi connectivity index (χ3n) is 3.53. The summed E-state index contributed by atoms with van der Waals surface area (Å²) in [6.45, 7) is 0. The molecule has 0 saturated carbocycles. The first-order valence-electron chi connectivity index (χ1n) is 6.36. The molecule has 1 aliphatic rings. The predicted octanol–water partition coefficient (Wildman–Crippen LogP) is 1.92. The monoisotopic (exact) mass is 257 g/mol. The number of phenolic OH excluding ortho intramolecular Hbond substituents is 1. The van der Waals surface area contributed by atoms with Gasteiger partial charge in [-0.2, -0.15) is 5.10 Å². The first-order valence-corrected chi connectivity index (χ1v) is 6.36. The predicted molar refractivity (Wildman–Crippen MR) is 69.8 cm³/mol. The molecule has 1 amide bonds. The molecule has 19 heavy (non-hydrogen) atoms. The number of carbonyl (C=O) groups is 1. The molecule has 0 unspecified atom stereocenters. The maximum absolute atomic E-state index is 12.0. The van der Waals surface area contributed by atoms with Crippen LogP contribution in [0.2, 0.25) is 0 Å². The third-order valence-corrected chi connectivity index (χ3v) is 3.53. The number of amides is 1. The Balaban J connectivity index is 1.84. The van der Waals surface area contributed by atoms with Crippen molar-refractivity contribution < 1.29 is 9.90 Å². The Hall–Kier alpha value is -2.30. The van der Waals surface area contributed by atoms with Gasteiger partial charge in [-0.05, 0) is 42.5 Å². The number of nitrogens with one attached hydrogen (secondary N) is 2. The van der Waals surface area contributed by atoms with Crippen molar-refractivity contribution in [1.82, 2.24) is 15.5 Å². The van der Waals surface area contributed by atoms with Crippen molar-refractivity contribution in [3.8, 4) is 5.75 Å². The van der Waals surface area contributed by atoms with Crippen LogP contribution in [0.1, 0.15) is 40.5 Å². The number of hydrogen-bond donors (Lipinski definition) is 3. The highest BCUT2D eigenvalue weighted by Gasteiger charge is 2.24. The molecule has 0 radical (unpaired) electrons. The van der Waals surface area contributed by atoms with E-state index in [1.54, 1.807) is 18.3 Å². The summed E-state index contributed by atoms with van der Waals surface area (Å²) in [5.41, 5.74) is 2.41. The lowest BCUT2D eigenvalue weighted by Crippen LogP contribution is -2.31. The smallest absolute Gasteiger partial charge is 0.269 e. The number of phenols is 1. The van der Waals surface area contributed by atoms with Gasteiger partial charge in [-0.15, -0.1) is 0 Å². The molecule has 1 atom stereocenters. The van der Waals surface area contributed by atoms with Crippen LogP contribution in [0.5, 0.6) is 5.75 Å². The molecule has 0 bridgehead atoms. The van der Waals surface area contributed by atoms with Crippen molar-refractivity contribution in [2.75, 3.05) is 0 Å². The number of benzene rings is 1. The molecule has 5 nitrogen and oxygen atoms in total. The zero-order valence-electron chi connectivity index (χ0n) is 10.4. The lowest BCUT2D eigenvalue weighted by Gasteiger charge is -2.26. The maximum atomic E-state index is 12.0. The van der Waals surface area contributed by atoms with Gasteiger partial charge < -0.3 is 10.4 Å². The van der Waals surface area contributed by atoms with Crippen LogP contribution in [0.3, 0.4) is 0 Å². The molecular weight excluding hydrogens is 242 g/mol. The van der Waals surface area contributed by atoms with E-state index < -0.39 is 0 Å². The van der Waals surface area contributed by atoms with E-state index in [0.29, 0.717) is 11.4 Å². The van der Waals surface area contributed by atoms with Crippen LogP contribution >= 0.6 is 0 Å². The highest BCUT2D eigenvalue weighted by Crippen LogP contribution is 2.34. The minimum atomic E-state index is -0.168. The van der Waals surface area contributed by atoms with E-state index in [2.05, 4.69) is 15.5 Å². The zero-order chi connectivity index (χ0) is 13.2. The largest absolute Gasteiger partial charge is 0.508 e. The minimum absolute atomic E-state index is 0.0494. The van der Waals surface area contributed by atoms with Gasteiger partial charge in [0.15, 0.2) is 0 Å². The Morgan fingerprint density at radius 3 is 3.11 bits per heavy atom. The van der Waals surface area contributed by atoms with Gasteiger partial charge in [0.2, 0.25) is 0 Å². The van der Waals surface area contributed by atoms with Gasteiger partial charge in [0.25, 0.3) is 5.91 Å². The second-order valence-corrected chi connectivity index (χ2v) is 4.73. The average Bonchev–Trinajstić information content (AvgIpc) is 2.94. The van der Waals surface area contributed by atoms with Gasteiger partial charge in [-0.3, -0.25) is 9.89 Å². The highest BCUT2D eigenvalue weighted by molar-refractivity contribution is 5.92. The molecule has 3 N–H and O–H groups in total. The van der Waals surface area contributed by atoms with E-state index in [1.165, 1.54) is 0 Å². The summed E-state index contributed by atoms with van der Waals surface area (Å²) in [4.78, 5) is 12.0. The fourth-order valence-electron chi connectivity index (χ4n) is 2.60. The van der Waals surface area contributed by atoms with Gasteiger partial charge in [-0.25, -0.2) is 0 Å². The van der Waals surface area contributed by atoms with Crippen molar-refractivity contribution in [2.24, 2.45) is 0 Å². The summed E-state index contributed by atoms with van der Waals surface area (Å²) in [6, 6.07) is 7.06. The van der Waals surface area contributed by atoms with Crippen molar-refractivity contribution in [2.45, 2.75) is 25.3 Å². The van der Waals surface area contributed by atoms with E-state index in [1.807, 2.05) is 12.1 Å². The Kier molecular flexibility index (Phi) is 2.95. The number of aromatic hydroxyl groups is 1. The van der Waals surface area contributed by atoms with Crippen LogP contribution < -0.4 is 5.32 Å². The van der Waals surface area contributed by atoms with Gasteiger partial charge in [0, 0.05) is 6.20 Å². The van der Waals surface area contributed by atoms with E-state index >= 15 is 0 Å². The van der Waals surface area contributed by atoms with E-state index in [-0.39, 0.29) is 11.9 Å². The quantitative estimate of drug-likeness (QED) is 0.769. The standard InChI is InChI=1S/C14H15N3O2/c18-13-6-2-3-9-10(13)4-1-5-11(9)16-14(19)12-7-8-15-17-12/h2-3,6-8,11,18H,1,4-5H2,(H,15,17)(H,16,19)/t11-/m0/s1. The Morgan fingerprint density at radius 1 is 1.42 bits per heavy atom. The molecule has 0 fully saturated rings. The highest BCUT2D eigenvalue weighted by atomic mass is 16.3. The summed E-state index contributed by atoms with van der Waals surface area (Å²) in [6.07, 6.45) is 4.25. The lowest BCUT2D eigenvalue weighted by molar-refractivity contribution is 0.0927. The number of aromatic amines is 1. The lowest BCUT2D eigenvalue weighted by atomic mass is 9.87. The van der Waals surface area contributed by atoms with Gasteiger partial charge in [0.05, 0.1) is 6.04 Å². The molecular formula is C14H15N3O2. The summed E-state index contributed by atoms with van der Waals surface area (Å²) in [7, 11) is 0. The maximum Gasteiger partial charge on any atom is 0.269 e. The molecule has 0 aliphatic heterocycles. The van der Waals surface area contributed by atoms with Crippen molar-refractivity contribution in [1.29, 1.82) is 0 Å². The summed E-state index contributed by atoms with van der Waals surface area (Å²) in [5, 5.41) is 19.3. The zero-order valence-corrected chi connectivity index (χ0v) is 10.4. The van der Waals surface area contributed by atoms with Crippen LogP contribution in [0.4, 0.5) is 0 Å². The van der Waals surface area contributed by atoms with Crippen molar-refractivity contribution in [3.05, 3.63) is 47.3 Å². The number of hydrogen-bond acceptors (Lipinski definition) is 3. The van der Waals surface area contributed by atoms with Gasteiger partial charge >= 0.3 is 0 Å². The summed E-state index contributed by atoms with van der Waals surface area (Å²) in [5.74, 6) is 0.150. The fraction of sp³-hybridized carbons (Fsp3) is 0.286. The fourth-order valence-corrected chi connectivity index (χ4v) is 2.60. The molecule has 1 aromatic carbocycles. The number of aromatic nitrogens is 2. The summed E-state index contributed by atoms with van der Waals surface area (Å²) >= 11 is 0. The average molecular weight is 257 g/mol. The van der Waals surface area contributed by atoms with Crippen LogP contribution in [0.15, 0.2) is 30.5 Å². The van der Waals surface area contributed by atoms with E-state index in [9.17, 15) is 9.90 Å². The topological polar surface area (TPSA) is 78.0 Å². The van der Waals surface area contributed by atoms with Crippen molar-refractivity contribution >= 4 is 5.91 Å². The number of nitrogens with zero attached hydrogens (tertiary/aromatic N) is 1. The Bertz CT molecular complexity index is 593.